The molecule has 3 nitrogen and oxygen atoms in total. The molecule has 0 aromatic heterocycles. The average Bonchev–Trinajstić information content (AvgIpc) is 1.85. The molecule has 0 saturated carbocycles. The van der Waals surface area contributed by atoms with Crippen LogP contribution in [0.1, 0.15) is 26.2 Å². The molecule has 0 radical (unpaired) electrons. The van der Waals surface area contributed by atoms with Crippen LogP contribution in [-0.4, -0.2) is 29.0 Å². The van der Waals surface area contributed by atoms with Gasteiger partial charge in [-0.1, -0.05) is 0 Å². The predicted octanol–water partition coefficient (Wildman–Crippen LogP) is -0.143. The van der Waals surface area contributed by atoms with E-state index in [9.17, 15) is 0 Å². The molecule has 0 spiro atoms. The average molecular weight is 147 g/mol. The van der Waals surface area contributed by atoms with Crippen molar-refractivity contribution in [2.45, 2.75) is 38.4 Å². The Balaban J connectivity index is 3.12. The van der Waals surface area contributed by atoms with Crippen LogP contribution >= 0.6 is 0 Å². The summed E-state index contributed by atoms with van der Waals surface area (Å²) in [6.45, 7) is 2.23. The maximum absolute atomic E-state index is 9.11. The lowest BCUT2D eigenvalue weighted by atomic mass is 10.1. The van der Waals surface area contributed by atoms with E-state index in [0.717, 1.165) is 0 Å². The highest BCUT2D eigenvalue weighted by Gasteiger charge is 2.03. The second-order valence-electron chi connectivity index (χ2n) is 2.66. The van der Waals surface area contributed by atoms with Crippen molar-refractivity contribution in [3.8, 4) is 0 Å². The molecular weight excluding hydrogens is 130 g/mol. The third-order valence-corrected chi connectivity index (χ3v) is 1.42. The van der Waals surface area contributed by atoms with Gasteiger partial charge in [-0.3, -0.25) is 0 Å². The maximum atomic E-state index is 9.11. The van der Waals surface area contributed by atoms with E-state index in [1.165, 1.54) is 0 Å². The summed E-state index contributed by atoms with van der Waals surface area (Å²) in [5, 5.41) is 17.9. The minimum absolute atomic E-state index is 0.313. The summed E-state index contributed by atoms with van der Waals surface area (Å²) in [7, 11) is 0. The Morgan fingerprint density at radius 1 is 1.20 bits per heavy atom. The predicted molar refractivity (Wildman–Crippen MR) is 40.6 cm³/mol. The fourth-order valence-corrected chi connectivity index (χ4v) is 0.770. The molecule has 4 N–H and O–H groups in total. The lowest BCUT2D eigenvalue weighted by Crippen LogP contribution is -2.15. The number of rotatable bonds is 5. The zero-order valence-electron chi connectivity index (χ0n) is 6.45. The first-order chi connectivity index (χ1) is 4.66. The van der Waals surface area contributed by atoms with Crippen LogP contribution in [0.15, 0.2) is 0 Å². The molecule has 0 bridgehead atoms. The Labute approximate surface area is 61.9 Å². The Hall–Kier alpha value is -0.120. The van der Waals surface area contributed by atoms with Crippen molar-refractivity contribution in [2.75, 3.05) is 6.54 Å². The van der Waals surface area contributed by atoms with Crippen LogP contribution in [0.25, 0.3) is 0 Å². The first kappa shape index (κ1) is 9.88. The number of aliphatic hydroxyl groups is 2. The molecule has 0 heterocycles. The van der Waals surface area contributed by atoms with Crippen LogP contribution in [-0.2, 0) is 0 Å². The second-order valence-corrected chi connectivity index (χ2v) is 2.66. The molecule has 62 valence electrons. The molecule has 0 aliphatic heterocycles. The van der Waals surface area contributed by atoms with E-state index in [2.05, 4.69) is 0 Å². The van der Waals surface area contributed by atoms with Crippen molar-refractivity contribution in [2.24, 2.45) is 5.73 Å². The van der Waals surface area contributed by atoms with Gasteiger partial charge in [-0.05, 0) is 32.7 Å². The van der Waals surface area contributed by atoms with E-state index in [0.29, 0.717) is 25.8 Å². The van der Waals surface area contributed by atoms with E-state index in [-0.39, 0.29) is 12.2 Å². The van der Waals surface area contributed by atoms with Crippen molar-refractivity contribution >= 4 is 0 Å². The molecule has 0 amide bonds. The lowest BCUT2D eigenvalue weighted by Gasteiger charge is -2.09. The molecular formula is C7H17NO2. The van der Waals surface area contributed by atoms with Crippen LogP contribution in [0.2, 0.25) is 0 Å². The first-order valence-electron chi connectivity index (χ1n) is 3.73. The maximum Gasteiger partial charge on any atom is 0.0553 e. The fourth-order valence-electron chi connectivity index (χ4n) is 0.770. The van der Waals surface area contributed by atoms with Gasteiger partial charge >= 0.3 is 0 Å². The zero-order chi connectivity index (χ0) is 7.98. The zero-order valence-corrected chi connectivity index (χ0v) is 6.45. The molecule has 1 unspecified atom stereocenters. The summed E-state index contributed by atoms with van der Waals surface area (Å²) in [5.41, 5.74) is 5.21. The Morgan fingerprint density at radius 3 is 2.20 bits per heavy atom. The number of hydrogen-bond acceptors (Lipinski definition) is 3. The number of hydrogen-bond donors (Lipinski definition) is 3. The minimum atomic E-state index is -0.334. The molecule has 0 aromatic carbocycles. The van der Waals surface area contributed by atoms with Crippen molar-refractivity contribution in [1.29, 1.82) is 0 Å². The standard InChI is InChI=1S/C7H17NO2/c1-6(9)2-3-7(10)4-5-8/h6-7,9-10H,2-5,8H2,1H3/t6?,7-/m1/s1. The number of aliphatic hydroxyl groups excluding tert-OH is 2. The summed E-state index contributed by atoms with van der Waals surface area (Å²) in [6.07, 6.45) is 1.29. The van der Waals surface area contributed by atoms with E-state index >= 15 is 0 Å². The van der Waals surface area contributed by atoms with E-state index in [4.69, 9.17) is 15.9 Å². The summed E-state index contributed by atoms with van der Waals surface area (Å²) < 4.78 is 0. The summed E-state index contributed by atoms with van der Waals surface area (Å²) in [4.78, 5) is 0. The van der Waals surface area contributed by atoms with Gasteiger partial charge in [-0.25, -0.2) is 0 Å². The van der Waals surface area contributed by atoms with Gasteiger partial charge in [0.05, 0.1) is 12.2 Å². The highest BCUT2D eigenvalue weighted by atomic mass is 16.3. The van der Waals surface area contributed by atoms with Crippen LogP contribution in [0, 0.1) is 0 Å². The van der Waals surface area contributed by atoms with Gasteiger partial charge < -0.3 is 15.9 Å². The summed E-state index contributed by atoms with van der Waals surface area (Å²) in [6, 6.07) is 0. The molecule has 3 heteroatoms. The highest BCUT2D eigenvalue weighted by Crippen LogP contribution is 2.03. The number of nitrogens with two attached hydrogens (primary N) is 1. The Bertz CT molecular complexity index is 76.0. The van der Waals surface area contributed by atoms with Crippen LogP contribution < -0.4 is 5.73 Å². The van der Waals surface area contributed by atoms with Gasteiger partial charge in [0.25, 0.3) is 0 Å². The van der Waals surface area contributed by atoms with E-state index in [1.54, 1.807) is 6.92 Å². The van der Waals surface area contributed by atoms with Gasteiger partial charge in [-0.2, -0.15) is 0 Å². The minimum Gasteiger partial charge on any atom is -0.393 e. The van der Waals surface area contributed by atoms with Gasteiger partial charge in [0.15, 0.2) is 0 Å². The van der Waals surface area contributed by atoms with Crippen LogP contribution in [0.5, 0.6) is 0 Å². The summed E-state index contributed by atoms with van der Waals surface area (Å²) in [5.74, 6) is 0. The smallest absolute Gasteiger partial charge is 0.0553 e. The topological polar surface area (TPSA) is 66.5 Å². The molecule has 2 atom stereocenters. The van der Waals surface area contributed by atoms with Crippen molar-refractivity contribution < 1.29 is 10.2 Å². The SMILES string of the molecule is CC(O)CC[C@@H](O)CCN. The third kappa shape index (κ3) is 6.01. The van der Waals surface area contributed by atoms with Crippen molar-refractivity contribution in [3.63, 3.8) is 0 Å². The largest absolute Gasteiger partial charge is 0.393 e. The molecule has 0 aliphatic carbocycles. The van der Waals surface area contributed by atoms with Crippen molar-refractivity contribution in [3.05, 3.63) is 0 Å². The molecule has 0 saturated heterocycles. The quantitative estimate of drug-likeness (QED) is 0.507. The van der Waals surface area contributed by atoms with Gasteiger partial charge in [-0.15, -0.1) is 0 Å². The van der Waals surface area contributed by atoms with Gasteiger partial charge in [0.2, 0.25) is 0 Å². The first-order valence-corrected chi connectivity index (χ1v) is 3.73. The molecule has 0 aromatic rings. The van der Waals surface area contributed by atoms with Gasteiger partial charge in [0, 0.05) is 0 Å². The van der Waals surface area contributed by atoms with Crippen molar-refractivity contribution in [1.82, 2.24) is 0 Å². The summed E-state index contributed by atoms with van der Waals surface area (Å²) >= 11 is 0. The normalized spacial score (nSPS) is 16.8. The van der Waals surface area contributed by atoms with Gasteiger partial charge in [0.1, 0.15) is 0 Å². The molecule has 0 rings (SSSR count). The van der Waals surface area contributed by atoms with E-state index in [1.807, 2.05) is 0 Å². The molecule has 0 aliphatic rings. The van der Waals surface area contributed by atoms with Crippen LogP contribution in [0.4, 0.5) is 0 Å². The van der Waals surface area contributed by atoms with Crippen LogP contribution in [0.3, 0.4) is 0 Å². The Morgan fingerprint density at radius 2 is 1.80 bits per heavy atom. The molecule has 10 heavy (non-hydrogen) atoms. The third-order valence-electron chi connectivity index (χ3n) is 1.42. The second kappa shape index (κ2) is 5.65. The monoisotopic (exact) mass is 147 g/mol. The fraction of sp³-hybridized carbons (Fsp3) is 1.00. The Kier molecular flexibility index (Phi) is 5.58. The lowest BCUT2D eigenvalue weighted by molar-refractivity contribution is 0.118. The molecule has 0 fully saturated rings. The van der Waals surface area contributed by atoms with E-state index < -0.39 is 0 Å². The highest BCUT2D eigenvalue weighted by molar-refractivity contribution is 4.58.